The van der Waals surface area contributed by atoms with Crippen molar-refractivity contribution in [3.63, 3.8) is 0 Å². The SMILES string of the molecule is O=C(O)c1cc(Br)cc(S(=O)(=O)N2CC(CO)C2)c1F. The van der Waals surface area contributed by atoms with Crippen LogP contribution < -0.4 is 0 Å². The fourth-order valence-electron chi connectivity index (χ4n) is 1.88. The molecule has 9 heteroatoms. The van der Waals surface area contributed by atoms with Gasteiger partial charge in [0.2, 0.25) is 10.0 Å². The van der Waals surface area contributed by atoms with Gasteiger partial charge in [-0.05, 0) is 12.1 Å². The molecule has 1 aromatic rings. The third-order valence-electron chi connectivity index (χ3n) is 3.03. The molecule has 1 aliphatic heterocycles. The van der Waals surface area contributed by atoms with Crippen LogP contribution in [0, 0.1) is 11.7 Å². The molecule has 0 unspecified atom stereocenters. The highest BCUT2D eigenvalue weighted by Gasteiger charge is 2.38. The first-order chi connectivity index (χ1) is 9.27. The van der Waals surface area contributed by atoms with Crippen LogP contribution in [-0.2, 0) is 10.0 Å². The summed E-state index contributed by atoms with van der Waals surface area (Å²) >= 11 is 2.97. The zero-order chi connectivity index (χ0) is 15.1. The summed E-state index contributed by atoms with van der Waals surface area (Å²) in [6, 6.07) is 2.03. The van der Waals surface area contributed by atoms with Crippen molar-refractivity contribution in [2.75, 3.05) is 19.7 Å². The molecule has 1 heterocycles. The van der Waals surface area contributed by atoms with E-state index < -0.39 is 32.3 Å². The van der Waals surface area contributed by atoms with Crippen LogP contribution in [0.4, 0.5) is 4.39 Å². The van der Waals surface area contributed by atoms with Gasteiger partial charge in [0.05, 0.1) is 5.56 Å². The Hall–Kier alpha value is -1.03. The van der Waals surface area contributed by atoms with Crippen LogP contribution in [-0.4, -0.2) is 48.6 Å². The molecule has 2 N–H and O–H groups in total. The lowest BCUT2D eigenvalue weighted by Gasteiger charge is -2.37. The Kier molecular flexibility index (Phi) is 4.14. The molecular formula is C11H11BrFNO5S. The average molecular weight is 368 g/mol. The molecule has 0 aromatic heterocycles. The first-order valence-electron chi connectivity index (χ1n) is 5.60. The number of benzene rings is 1. The number of hydrogen-bond donors (Lipinski definition) is 2. The molecule has 6 nitrogen and oxygen atoms in total. The highest BCUT2D eigenvalue weighted by molar-refractivity contribution is 9.10. The molecule has 1 fully saturated rings. The molecule has 1 aliphatic rings. The molecule has 0 aliphatic carbocycles. The lowest BCUT2D eigenvalue weighted by molar-refractivity contribution is 0.0691. The van der Waals surface area contributed by atoms with Gasteiger partial charge in [0.25, 0.3) is 0 Å². The number of aliphatic hydroxyl groups excluding tert-OH is 1. The number of rotatable bonds is 4. The van der Waals surface area contributed by atoms with Gasteiger partial charge in [-0.15, -0.1) is 0 Å². The van der Waals surface area contributed by atoms with E-state index in [1.165, 1.54) is 0 Å². The van der Waals surface area contributed by atoms with Gasteiger partial charge in [-0.3, -0.25) is 0 Å². The Balaban J connectivity index is 2.45. The molecule has 0 saturated carbocycles. The van der Waals surface area contributed by atoms with Gasteiger partial charge < -0.3 is 10.2 Å². The maximum Gasteiger partial charge on any atom is 0.338 e. The van der Waals surface area contributed by atoms with E-state index in [0.717, 1.165) is 16.4 Å². The van der Waals surface area contributed by atoms with Gasteiger partial charge in [0, 0.05) is 30.1 Å². The summed E-state index contributed by atoms with van der Waals surface area (Å²) in [7, 11) is -4.10. The topological polar surface area (TPSA) is 94.9 Å². The van der Waals surface area contributed by atoms with Crippen molar-refractivity contribution >= 4 is 31.9 Å². The molecule has 110 valence electrons. The first-order valence-corrected chi connectivity index (χ1v) is 7.84. The minimum atomic E-state index is -4.10. The molecule has 20 heavy (non-hydrogen) atoms. The Morgan fingerprint density at radius 3 is 2.55 bits per heavy atom. The Labute approximate surface area is 123 Å². The molecule has 0 atom stereocenters. The largest absolute Gasteiger partial charge is 0.478 e. The number of aliphatic hydroxyl groups is 1. The van der Waals surface area contributed by atoms with E-state index in [1.54, 1.807) is 0 Å². The van der Waals surface area contributed by atoms with E-state index in [9.17, 15) is 17.6 Å². The molecular weight excluding hydrogens is 357 g/mol. The first kappa shape index (κ1) is 15.4. The number of carboxylic acids is 1. The lowest BCUT2D eigenvalue weighted by Crippen LogP contribution is -2.51. The van der Waals surface area contributed by atoms with E-state index in [-0.39, 0.29) is 30.1 Å². The third-order valence-corrected chi connectivity index (χ3v) is 5.32. The number of hydrogen-bond acceptors (Lipinski definition) is 4. The number of carboxylic acid groups (broad SMARTS) is 1. The number of sulfonamides is 1. The number of halogens is 2. The van der Waals surface area contributed by atoms with Gasteiger partial charge in [-0.1, -0.05) is 15.9 Å². The highest BCUT2D eigenvalue weighted by atomic mass is 79.9. The zero-order valence-corrected chi connectivity index (χ0v) is 12.5. The lowest BCUT2D eigenvalue weighted by atomic mass is 10.1. The zero-order valence-electron chi connectivity index (χ0n) is 10.1. The molecule has 0 amide bonds. The summed E-state index contributed by atoms with van der Waals surface area (Å²) in [6.45, 7) is 0.0355. The van der Waals surface area contributed by atoms with Gasteiger partial charge in [-0.25, -0.2) is 17.6 Å². The highest BCUT2D eigenvalue weighted by Crippen LogP contribution is 2.30. The number of carbonyl (C=O) groups is 1. The molecule has 0 spiro atoms. The van der Waals surface area contributed by atoms with Crippen LogP contribution in [0.3, 0.4) is 0 Å². The maximum atomic E-state index is 14.0. The second-order valence-electron chi connectivity index (χ2n) is 4.44. The summed E-state index contributed by atoms with van der Waals surface area (Å²) in [5.41, 5.74) is -0.711. The normalized spacial score (nSPS) is 16.9. The summed E-state index contributed by atoms with van der Waals surface area (Å²) < 4.78 is 39.6. The fourth-order valence-corrected chi connectivity index (χ4v) is 4.19. The van der Waals surface area contributed by atoms with Crippen molar-refractivity contribution in [3.05, 3.63) is 28.0 Å². The van der Waals surface area contributed by atoms with E-state index in [2.05, 4.69) is 15.9 Å². The molecule has 0 radical (unpaired) electrons. The van der Waals surface area contributed by atoms with Gasteiger partial charge in [0.1, 0.15) is 4.90 Å². The smallest absolute Gasteiger partial charge is 0.338 e. The fraction of sp³-hybridized carbons (Fsp3) is 0.364. The quantitative estimate of drug-likeness (QED) is 0.824. The van der Waals surface area contributed by atoms with Crippen molar-refractivity contribution < 1.29 is 27.8 Å². The van der Waals surface area contributed by atoms with Crippen LogP contribution in [0.2, 0.25) is 0 Å². The predicted molar refractivity (Wildman–Crippen MR) is 70.4 cm³/mol. The van der Waals surface area contributed by atoms with Crippen molar-refractivity contribution in [2.24, 2.45) is 5.92 Å². The van der Waals surface area contributed by atoms with Gasteiger partial charge >= 0.3 is 5.97 Å². The second-order valence-corrected chi connectivity index (χ2v) is 7.26. The minimum absolute atomic E-state index is 0.0905. The average Bonchev–Trinajstić information content (AvgIpc) is 2.29. The maximum absolute atomic E-state index is 14.0. The summed E-state index contributed by atoms with van der Waals surface area (Å²) in [5, 5.41) is 17.7. The monoisotopic (exact) mass is 367 g/mol. The van der Waals surface area contributed by atoms with Crippen LogP contribution in [0.1, 0.15) is 10.4 Å². The Morgan fingerprint density at radius 2 is 2.05 bits per heavy atom. The number of aromatic carboxylic acids is 1. The Morgan fingerprint density at radius 1 is 1.45 bits per heavy atom. The third kappa shape index (κ3) is 2.58. The van der Waals surface area contributed by atoms with Gasteiger partial charge in [0.15, 0.2) is 5.82 Å². The minimum Gasteiger partial charge on any atom is -0.478 e. The molecule has 1 aromatic carbocycles. The van der Waals surface area contributed by atoms with Crippen LogP contribution >= 0.6 is 15.9 Å². The van der Waals surface area contributed by atoms with Crippen LogP contribution in [0.5, 0.6) is 0 Å². The summed E-state index contributed by atoms with van der Waals surface area (Å²) in [4.78, 5) is 10.2. The molecule has 2 rings (SSSR count). The Bertz CT molecular complexity index is 657. The molecule has 1 saturated heterocycles. The second kappa shape index (κ2) is 5.40. The molecule has 0 bridgehead atoms. The summed E-state index contributed by atoms with van der Waals surface area (Å²) in [6.07, 6.45) is 0. The standard InChI is InChI=1S/C11H11BrFNO5S/c12-7-1-8(11(16)17)10(13)9(2-7)20(18,19)14-3-6(4-14)5-15/h1-2,6,15H,3-5H2,(H,16,17). The van der Waals surface area contributed by atoms with Crippen molar-refractivity contribution in [1.82, 2.24) is 4.31 Å². The van der Waals surface area contributed by atoms with Crippen LogP contribution in [0.25, 0.3) is 0 Å². The van der Waals surface area contributed by atoms with E-state index in [0.29, 0.717) is 0 Å². The van der Waals surface area contributed by atoms with Crippen molar-refractivity contribution in [3.8, 4) is 0 Å². The van der Waals surface area contributed by atoms with Crippen molar-refractivity contribution in [1.29, 1.82) is 0 Å². The summed E-state index contributed by atoms with van der Waals surface area (Å²) in [5.74, 6) is -3.00. The van der Waals surface area contributed by atoms with E-state index in [4.69, 9.17) is 10.2 Å². The van der Waals surface area contributed by atoms with Crippen LogP contribution in [0.15, 0.2) is 21.5 Å². The van der Waals surface area contributed by atoms with E-state index >= 15 is 0 Å². The number of nitrogens with zero attached hydrogens (tertiary/aromatic N) is 1. The predicted octanol–water partition coefficient (Wildman–Crippen LogP) is 0.899. The van der Waals surface area contributed by atoms with E-state index in [1.807, 2.05) is 0 Å². The van der Waals surface area contributed by atoms with Gasteiger partial charge in [-0.2, -0.15) is 4.31 Å². The van der Waals surface area contributed by atoms with Crippen molar-refractivity contribution in [2.45, 2.75) is 4.90 Å².